The van der Waals surface area contributed by atoms with Crippen LogP contribution in [0.25, 0.3) is 17.1 Å². The van der Waals surface area contributed by atoms with Crippen LogP contribution in [0.15, 0.2) is 52.5 Å². The van der Waals surface area contributed by atoms with Crippen LogP contribution in [0.2, 0.25) is 0 Å². The summed E-state index contributed by atoms with van der Waals surface area (Å²) >= 11 is 1.41. The van der Waals surface area contributed by atoms with Crippen LogP contribution in [-0.2, 0) is 14.8 Å². The molecular formula is C24H29N5O3S2. The summed E-state index contributed by atoms with van der Waals surface area (Å²) in [5.74, 6) is 0.545. The number of sulfonamides is 1. The lowest BCUT2D eigenvalue weighted by Gasteiger charge is -2.18. The molecule has 1 N–H and O–H groups in total. The third-order valence-corrected chi connectivity index (χ3v) is 8.92. The summed E-state index contributed by atoms with van der Waals surface area (Å²) < 4.78 is 28.6. The van der Waals surface area contributed by atoms with E-state index in [4.69, 9.17) is 0 Å². The highest BCUT2D eigenvalue weighted by Crippen LogP contribution is 2.35. The number of amides is 1. The Morgan fingerprint density at radius 3 is 2.47 bits per heavy atom. The Kier molecular flexibility index (Phi) is 7.11. The Balaban J connectivity index is 1.87. The van der Waals surface area contributed by atoms with E-state index >= 15 is 0 Å². The summed E-state index contributed by atoms with van der Waals surface area (Å²) in [4.78, 5) is 12.8. The Morgan fingerprint density at radius 1 is 1.06 bits per heavy atom. The second-order valence-corrected chi connectivity index (χ2v) is 11.9. The summed E-state index contributed by atoms with van der Waals surface area (Å²) in [6.07, 6.45) is 2.69. The quantitative estimate of drug-likeness (QED) is 0.557. The maximum atomic E-state index is 12.7. The Bertz CT molecular complexity index is 1300. The molecule has 1 aliphatic rings. The molecule has 8 nitrogen and oxygen atoms in total. The molecule has 1 atom stereocenters. The maximum absolute atomic E-state index is 12.7. The fourth-order valence-corrected chi connectivity index (χ4v) is 6.10. The molecule has 1 aliphatic heterocycles. The van der Waals surface area contributed by atoms with Crippen LogP contribution < -0.4 is 5.32 Å². The predicted molar refractivity (Wildman–Crippen MR) is 134 cm³/mol. The van der Waals surface area contributed by atoms with Crippen LogP contribution in [0.5, 0.6) is 0 Å². The number of hydrogen-bond acceptors (Lipinski definition) is 6. The molecule has 1 amide bonds. The fraction of sp³-hybridized carbons (Fsp3) is 0.375. The van der Waals surface area contributed by atoms with E-state index < -0.39 is 10.0 Å². The molecule has 34 heavy (non-hydrogen) atoms. The van der Waals surface area contributed by atoms with Crippen LogP contribution in [-0.4, -0.2) is 59.3 Å². The maximum Gasteiger partial charge on any atom is 0.242 e. The third kappa shape index (κ3) is 4.75. The minimum absolute atomic E-state index is 0.0131. The number of nitrogens with one attached hydrogen (secondary N) is 1. The smallest absolute Gasteiger partial charge is 0.242 e. The van der Waals surface area contributed by atoms with Crippen molar-refractivity contribution in [1.29, 1.82) is 0 Å². The SMILES string of the molecule is Cc1cccc(C)c1-n1c(S[C@H]2CCCCNC2=O)nnc1-c1cccc(S(=O)(=O)N(C)C)c1. The van der Waals surface area contributed by atoms with E-state index in [9.17, 15) is 13.2 Å². The predicted octanol–water partition coefficient (Wildman–Crippen LogP) is 3.56. The molecule has 0 aliphatic carbocycles. The molecule has 0 unspecified atom stereocenters. The van der Waals surface area contributed by atoms with Gasteiger partial charge in [0.15, 0.2) is 11.0 Å². The van der Waals surface area contributed by atoms with E-state index in [2.05, 4.69) is 15.5 Å². The van der Waals surface area contributed by atoms with Crippen molar-refractivity contribution in [2.45, 2.75) is 48.4 Å². The third-order valence-electron chi connectivity index (χ3n) is 5.90. The molecular weight excluding hydrogens is 470 g/mol. The van der Waals surface area contributed by atoms with E-state index in [0.717, 1.165) is 36.1 Å². The number of nitrogens with zero attached hydrogens (tertiary/aromatic N) is 4. The van der Waals surface area contributed by atoms with Crippen molar-refractivity contribution in [3.8, 4) is 17.1 Å². The summed E-state index contributed by atoms with van der Waals surface area (Å²) in [5, 5.41) is 12.3. The van der Waals surface area contributed by atoms with Crippen LogP contribution in [0, 0.1) is 13.8 Å². The van der Waals surface area contributed by atoms with Gasteiger partial charge < -0.3 is 5.32 Å². The lowest BCUT2D eigenvalue weighted by molar-refractivity contribution is -0.120. The highest BCUT2D eigenvalue weighted by atomic mass is 32.2. The van der Waals surface area contributed by atoms with Crippen molar-refractivity contribution in [1.82, 2.24) is 24.4 Å². The minimum Gasteiger partial charge on any atom is -0.355 e. The average Bonchev–Trinajstić information content (AvgIpc) is 3.09. The highest BCUT2D eigenvalue weighted by Gasteiger charge is 2.27. The molecule has 180 valence electrons. The van der Waals surface area contributed by atoms with E-state index in [1.54, 1.807) is 18.2 Å². The molecule has 0 saturated carbocycles. The van der Waals surface area contributed by atoms with Gasteiger partial charge in [-0.15, -0.1) is 10.2 Å². The molecule has 2 aromatic carbocycles. The van der Waals surface area contributed by atoms with Crippen molar-refractivity contribution in [3.63, 3.8) is 0 Å². The lowest BCUT2D eigenvalue weighted by Crippen LogP contribution is -2.30. The number of hydrogen-bond donors (Lipinski definition) is 1. The van der Waals surface area contributed by atoms with Gasteiger partial charge in [0.2, 0.25) is 15.9 Å². The zero-order valence-corrected chi connectivity index (χ0v) is 21.4. The van der Waals surface area contributed by atoms with Gasteiger partial charge in [-0.3, -0.25) is 9.36 Å². The van der Waals surface area contributed by atoms with Crippen LogP contribution >= 0.6 is 11.8 Å². The fourth-order valence-electron chi connectivity index (χ4n) is 4.05. The van der Waals surface area contributed by atoms with Gasteiger partial charge in [-0.05, 0) is 49.9 Å². The molecule has 10 heteroatoms. The second kappa shape index (κ2) is 9.89. The first kappa shape index (κ1) is 24.4. The first-order valence-corrected chi connectivity index (χ1v) is 13.5. The van der Waals surface area contributed by atoms with Gasteiger partial charge in [-0.25, -0.2) is 12.7 Å². The van der Waals surface area contributed by atoms with Gasteiger partial charge in [0, 0.05) is 26.2 Å². The van der Waals surface area contributed by atoms with Crippen molar-refractivity contribution < 1.29 is 13.2 Å². The standard InChI is InChI=1S/C24H29N5O3S2/c1-16-9-7-10-17(2)21(16)29-22(18-11-8-12-19(15-18)34(31,32)28(3)4)26-27-24(29)33-20-13-5-6-14-25-23(20)30/h7-12,15,20H,5-6,13-14H2,1-4H3,(H,25,30)/t20-/m0/s1. The molecule has 1 aromatic heterocycles. The number of benzene rings is 2. The zero-order valence-electron chi connectivity index (χ0n) is 19.8. The van der Waals surface area contributed by atoms with Gasteiger partial charge in [0.1, 0.15) is 0 Å². The van der Waals surface area contributed by atoms with Crippen molar-refractivity contribution in [3.05, 3.63) is 53.6 Å². The number of rotatable bonds is 6. The number of carbonyl (C=O) groups is 1. The van der Waals surface area contributed by atoms with Gasteiger partial charge in [-0.1, -0.05) is 48.5 Å². The summed E-state index contributed by atoms with van der Waals surface area (Å²) in [6.45, 7) is 4.73. The highest BCUT2D eigenvalue weighted by molar-refractivity contribution is 8.00. The first-order valence-electron chi connectivity index (χ1n) is 11.2. The number of para-hydroxylation sites is 1. The Hall–Kier alpha value is -2.69. The second-order valence-electron chi connectivity index (χ2n) is 8.59. The Morgan fingerprint density at radius 2 is 1.76 bits per heavy atom. The molecule has 3 aromatic rings. The number of carbonyl (C=O) groups excluding carboxylic acids is 1. The van der Waals surface area contributed by atoms with E-state index in [1.807, 2.05) is 42.7 Å². The molecule has 1 saturated heterocycles. The van der Waals surface area contributed by atoms with Gasteiger partial charge in [0.25, 0.3) is 0 Å². The van der Waals surface area contributed by atoms with Crippen LogP contribution in [0.1, 0.15) is 30.4 Å². The molecule has 0 spiro atoms. The monoisotopic (exact) mass is 499 g/mol. The Labute approximate surface area is 204 Å². The van der Waals surface area contributed by atoms with Crippen LogP contribution in [0.3, 0.4) is 0 Å². The van der Waals surface area contributed by atoms with E-state index in [0.29, 0.717) is 23.1 Å². The number of aromatic nitrogens is 3. The summed E-state index contributed by atoms with van der Waals surface area (Å²) in [6, 6.07) is 12.8. The lowest BCUT2D eigenvalue weighted by atomic mass is 10.1. The van der Waals surface area contributed by atoms with Gasteiger partial charge in [0.05, 0.1) is 15.8 Å². The van der Waals surface area contributed by atoms with Gasteiger partial charge >= 0.3 is 0 Å². The molecule has 4 rings (SSSR count). The first-order chi connectivity index (χ1) is 16.2. The molecule has 1 fully saturated rings. The molecule has 0 bridgehead atoms. The topological polar surface area (TPSA) is 97.2 Å². The van der Waals surface area contributed by atoms with Crippen molar-refractivity contribution in [2.24, 2.45) is 0 Å². The summed E-state index contributed by atoms with van der Waals surface area (Å²) in [5.41, 5.74) is 3.63. The number of thioether (sulfide) groups is 1. The van der Waals surface area contributed by atoms with E-state index in [-0.39, 0.29) is 16.1 Å². The normalized spacial score (nSPS) is 17.0. The van der Waals surface area contributed by atoms with Gasteiger partial charge in [-0.2, -0.15) is 0 Å². The van der Waals surface area contributed by atoms with Crippen LogP contribution in [0.4, 0.5) is 0 Å². The van der Waals surface area contributed by atoms with E-state index in [1.165, 1.54) is 30.2 Å². The molecule has 2 heterocycles. The van der Waals surface area contributed by atoms with Crippen molar-refractivity contribution >= 4 is 27.7 Å². The minimum atomic E-state index is -3.61. The van der Waals surface area contributed by atoms with Crippen molar-refractivity contribution in [2.75, 3.05) is 20.6 Å². The summed E-state index contributed by atoms with van der Waals surface area (Å²) in [7, 11) is -0.595. The zero-order chi connectivity index (χ0) is 24.5. The number of aryl methyl sites for hydroxylation is 2. The average molecular weight is 500 g/mol. The largest absolute Gasteiger partial charge is 0.355 e. The molecule has 0 radical (unpaired) electrons.